The van der Waals surface area contributed by atoms with Crippen LogP contribution in [0.5, 0.6) is 0 Å². The Bertz CT molecular complexity index is 257. The van der Waals surface area contributed by atoms with E-state index in [2.05, 4.69) is 37.0 Å². The Morgan fingerprint density at radius 2 is 1.11 bits per heavy atom. The molecule has 0 bridgehead atoms. The molecule has 0 saturated carbocycles. The zero-order valence-corrected chi connectivity index (χ0v) is 15.0. The summed E-state index contributed by atoms with van der Waals surface area (Å²) in [6.07, 6.45) is 0. The first kappa shape index (κ1) is 14.8. The molecule has 0 aromatic heterocycles. The van der Waals surface area contributed by atoms with Crippen LogP contribution in [0.1, 0.15) is 13.8 Å². The predicted molar refractivity (Wildman–Crippen MR) is 86.6 cm³/mol. The van der Waals surface area contributed by atoms with Crippen molar-refractivity contribution in [3.05, 3.63) is 0 Å². The molecule has 4 heteroatoms. The lowest BCUT2D eigenvalue weighted by molar-refractivity contribution is -0.0158. The first-order valence-corrected chi connectivity index (χ1v) is 14.2. The van der Waals surface area contributed by atoms with Crippen molar-refractivity contribution < 1.29 is 0 Å². The molecule has 2 fully saturated rings. The topological polar surface area (TPSA) is 6.48 Å². The van der Waals surface area contributed by atoms with Gasteiger partial charge in [0.25, 0.3) is 0 Å². The molecule has 0 unspecified atom stereocenters. The maximum Gasteiger partial charge on any atom is 0.0556 e. The Morgan fingerprint density at radius 3 is 1.50 bits per heavy atom. The fourth-order valence-electron chi connectivity index (χ4n) is 3.59. The Kier molecular flexibility index (Phi) is 4.73. The average Bonchev–Trinajstić information content (AvgIpc) is 2.39. The van der Waals surface area contributed by atoms with Crippen molar-refractivity contribution in [3.63, 3.8) is 0 Å². The van der Waals surface area contributed by atoms with Gasteiger partial charge >= 0.3 is 0 Å². The van der Waals surface area contributed by atoms with E-state index in [1.165, 1.54) is 50.4 Å². The Balaban J connectivity index is 1.83. The van der Waals surface area contributed by atoms with Gasteiger partial charge in [-0.2, -0.15) is 0 Å². The van der Waals surface area contributed by atoms with Gasteiger partial charge < -0.3 is 0 Å². The van der Waals surface area contributed by atoms with Crippen LogP contribution in [0, 0.1) is 0 Å². The molecular weight excluding hydrogens is 252 g/mol. The fourth-order valence-corrected chi connectivity index (χ4v) is 9.20. The van der Waals surface area contributed by atoms with Crippen molar-refractivity contribution in [1.82, 2.24) is 10.0 Å². The number of hydrogen-bond acceptors (Lipinski definition) is 2. The Morgan fingerprint density at radius 1 is 0.722 bits per heavy atom. The summed E-state index contributed by atoms with van der Waals surface area (Å²) in [6.45, 7) is 15.5. The van der Waals surface area contributed by atoms with Gasteiger partial charge in [-0.1, -0.05) is 39.0 Å². The van der Waals surface area contributed by atoms with Gasteiger partial charge in [0.05, 0.1) is 8.07 Å². The highest BCUT2D eigenvalue weighted by atomic mass is 28.3. The molecular formula is C14H32N2Si2. The molecule has 2 rings (SSSR count). The zero-order chi connectivity index (χ0) is 13.2. The van der Waals surface area contributed by atoms with Crippen molar-refractivity contribution in [2.24, 2.45) is 0 Å². The summed E-state index contributed by atoms with van der Waals surface area (Å²) in [4.78, 5) is 0. The molecule has 0 N–H and O–H groups in total. The van der Waals surface area contributed by atoms with Crippen molar-refractivity contribution >= 4 is 16.1 Å². The van der Waals surface area contributed by atoms with E-state index in [1.54, 1.807) is 12.1 Å². The van der Waals surface area contributed by atoms with Crippen LogP contribution in [0.25, 0.3) is 0 Å². The number of hydrogen-bond donors (Lipinski definition) is 0. The molecule has 2 saturated heterocycles. The quantitative estimate of drug-likeness (QED) is 0.729. The molecule has 2 nitrogen and oxygen atoms in total. The average molecular weight is 285 g/mol. The highest BCUT2D eigenvalue weighted by Gasteiger charge is 2.36. The van der Waals surface area contributed by atoms with E-state index < -0.39 is 16.1 Å². The first-order valence-electron chi connectivity index (χ1n) is 8.00. The fraction of sp³-hybridized carbons (Fsp3) is 1.00. The molecule has 2 heterocycles. The van der Waals surface area contributed by atoms with E-state index in [9.17, 15) is 0 Å². The molecule has 106 valence electrons. The van der Waals surface area contributed by atoms with Crippen LogP contribution in [0.15, 0.2) is 0 Å². The largest absolute Gasteiger partial charge is 0.242 e. The van der Waals surface area contributed by atoms with Crippen molar-refractivity contribution in [3.8, 4) is 0 Å². The lowest BCUT2D eigenvalue weighted by atomic mass is 10.5. The number of nitrogens with zero attached hydrogens (tertiary/aromatic N) is 2. The molecule has 0 aromatic rings. The molecule has 0 amide bonds. The van der Waals surface area contributed by atoms with E-state index in [-0.39, 0.29) is 0 Å². The third kappa shape index (κ3) is 3.27. The third-order valence-electron chi connectivity index (χ3n) is 5.79. The SMILES string of the molecule is CC[Si]1(CC)CCN(N2CC[Si](C)(C)CC2)CC1. The number of hydrazine groups is 1. The Labute approximate surface area is 116 Å². The highest BCUT2D eigenvalue weighted by Crippen LogP contribution is 2.32. The van der Waals surface area contributed by atoms with Gasteiger partial charge in [-0.05, 0) is 24.2 Å². The third-order valence-corrected chi connectivity index (χ3v) is 14.5. The van der Waals surface area contributed by atoms with E-state index in [4.69, 9.17) is 0 Å². The zero-order valence-electron chi connectivity index (χ0n) is 13.0. The second-order valence-electron chi connectivity index (χ2n) is 7.28. The molecule has 0 radical (unpaired) electrons. The molecule has 0 aromatic carbocycles. The highest BCUT2D eigenvalue weighted by molar-refractivity contribution is 6.80. The van der Waals surface area contributed by atoms with Gasteiger partial charge in [0.15, 0.2) is 0 Å². The minimum Gasteiger partial charge on any atom is -0.242 e. The summed E-state index contributed by atoms with van der Waals surface area (Å²) in [5.41, 5.74) is 0. The molecule has 0 aliphatic carbocycles. The maximum atomic E-state index is 2.71. The van der Waals surface area contributed by atoms with Crippen LogP contribution in [0.3, 0.4) is 0 Å². The first-order chi connectivity index (χ1) is 8.50. The molecule has 2 aliphatic rings. The summed E-state index contributed by atoms with van der Waals surface area (Å²) >= 11 is 0. The molecule has 2 aliphatic heterocycles. The van der Waals surface area contributed by atoms with Crippen LogP contribution in [0.4, 0.5) is 0 Å². The monoisotopic (exact) mass is 284 g/mol. The van der Waals surface area contributed by atoms with Gasteiger partial charge in [0, 0.05) is 34.3 Å². The van der Waals surface area contributed by atoms with Crippen LogP contribution < -0.4 is 0 Å². The van der Waals surface area contributed by atoms with Gasteiger partial charge in [-0.25, -0.2) is 10.0 Å². The summed E-state index contributed by atoms with van der Waals surface area (Å²) in [5.74, 6) is 0. The predicted octanol–water partition coefficient (Wildman–Crippen LogP) is 3.73. The van der Waals surface area contributed by atoms with Crippen molar-refractivity contribution in [1.29, 1.82) is 0 Å². The van der Waals surface area contributed by atoms with E-state index in [1.807, 2.05) is 0 Å². The van der Waals surface area contributed by atoms with Gasteiger partial charge in [0.1, 0.15) is 0 Å². The molecule has 0 atom stereocenters. The summed E-state index contributed by atoms with van der Waals surface area (Å²) < 4.78 is 0. The normalized spacial score (nSPS) is 29.3. The smallest absolute Gasteiger partial charge is 0.0556 e. The lowest BCUT2D eigenvalue weighted by Gasteiger charge is -2.47. The van der Waals surface area contributed by atoms with Gasteiger partial charge in [-0.3, -0.25) is 0 Å². The van der Waals surface area contributed by atoms with Gasteiger partial charge in [0.2, 0.25) is 0 Å². The Hall–Kier alpha value is 0.354. The lowest BCUT2D eigenvalue weighted by Crippen LogP contribution is -2.56. The standard InChI is InChI=1S/C14H32N2Si2/c1-5-18(6-2)13-9-16(10-14-18)15-7-11-17(3,4)12-8-15/h5-14H2,1-4H3. The van der Waals surface area contributed by atoms with Crippen LogP contribution in [-0.4, -0.2) is 52.3 Å². The number of rotatable bonds is 3. The minimum absolute atomic E-state index is 0.798. The van der Waals surface area contributed by atoms with Crippen molar-refractivity contribution in [2.45, 2.75) is 63.2 Å². The summed E-state index contributed by atoms with van der Waals surface area (Å²) in [5, 5.41) is 5.40. The second-order valence-corrected chi connectivity index (χ2v) is 18.0. The van der Waals surface area contributed by atoms with Crippen LogP contribution >= 0.6 is 0 Å². The summed E-state index contributed by atoms with van der Waals surface area (Å²) in [6, 6.07) is 9.14. The van der Waals surface area contributed by atoms with Gasteiger partial charge in [-0.15, -0.1) is 0 Å². The van der Waals surface area contributed by atoms with Crippen LogP contribution in [0.2, 0.25) is 49.4 Å². The van der Waals surface area contributed by atoms with E-state index in [0.29, 0.717) is 0 Å². The molecule has 0 spiro atoms. The minimum atomic E-state index is -0.824. The summed E-state index contributed by atoms with van der Waals surface area (Å²) in [7, 11) is -1.62. The second kappa shape index (κ2) is 5.77. The van der Waals surface area contributed by atoms with E-state index >= 15 is 0 Å². The molecule has 18 heavy (non-hydrogen) atoms. The van der Waals surface area contributed by atoms with Crippen molar-refractivity contribution in [2.75, 3.05) is 26.2 Å². The van der Waals surface area contributed by atoms with E-state index in [0.717, 1.165) is 0 Å². The van der Waals surface area contributed by atoms with Crippen LogP contribution in [-0.2, 0) is 0 Å². The maximum absolute atomic E-state index is 2.71.